The predicted molar refractivity (Wildman–Crippen MR) is 25.1 cm³/mol. The molecule has 0 saturated carbocycles. The number of carbonyl (C=O) groups excluding carboxylic acids is 1. The molecule has 0 aromatic carbocycles. The SMILES string of the molecule is O=[C]C1=COOC=C1. The number of rotatable bonds is 1. The Balaban J connectivity index is 2.64. The van der Waals surface area contributed by atoms with E-state index >= 15 is 0 Å². The minimum Gasteiger partial charge on any atom is -0.299 e. The summed E-state index contributed by atoms with van der Waals surface area (Å²) in [6.45, 7) is 0. The Morgan fingerprint density at radius 3 is 2.75 bits per heavy atom. The van der Waals surface area contributed by atoms with Gasteiger partial charge >= 0.3 is 0 Å². The lowest BCUT2D eigenvalue weighted by Crippen LogP contribution is -1.89. The summed E-state index contributed by atoms with van der Waals surface area (Å²) in [5, 5.41) is 0. The molecule has 1 radical (unpaired) electrons. The second kappa shape index (κ2) is 2.16. The van der Waals surface area contributed by atoms with Crippen LogP contribution < -0.4 is 0 Å². The Morgan fingerprint density at radius 2 is 2.38 bits per heavy atom. The maximum absolute atomic E-state index is 9.78. The van der Waals surface area contributed by atoms with Crippen molar-refractivity contribution in [3.8, 4) is 0 Å². The second-order valence-electron chi connectivity index (χ2n) is 1.17. The number of hydrogen-bond acceptors (Lipinski definition) is 3. The lowest BCUT2D eigenvalue weighted by atomic mass is 10.3. The Kier molecular flexibility index (Phi) is 1.32. The van der Waals surface area contributed by atoms with Gasteiger partial charge in [-0.05, 0) is 6.08 Å². The third-order valence-corrected chi connectivity index (χ3v) is 0.652. The predicted octanol–water partition coefficient (Wildman–Crippen LogP) is 0.455. The maximum Gasteiger partial charge on any atom is 0.237 e. The third-order valence-electron chi connectivity index (χ3n) is 0.652. The van der Waals surface area contributed by atoms with Crippen LogP contribution in [0.4, 0.5) is 0 Å². The van der Waals surface area contributed by atoms with Crippen molar-refractivity contribution < 1.29 is 14.6 Å². The Morgan fingerprint density at radius 1 is 1.50 bits per heavy atom. The zero-order valence-electron chi connectivity index (χ0n) is 3.96. The quantitative estimate of drug-likeness (QED) is 0.461. The summed E-state index contributed by atoms with van der Waals surface area (Å²) in [6, 6.07) is 0. The van der Waals surface area contributed by atoms with Crippen LogP contribution in [0.5, 0.6) is 0 Å². The van der Waals surface area contributed by atoms with Crippen LogP contribution in [0.1, 0.15) is 0 Å². The molecule has 0 aromatic heterocycles. The summed E-state index contributed by atoms with van der Waals surface area (Å²) in [7, 11) is 0. The second-order valence-corrected chi connectivity index (χ2v) is 1.17. The molecule has 0 amide bonds. The van der Waals surface area contributed by atoms with Crippen molar-refractivity contribution in [1.29, 1.82) is 0 Å². The highest BCUT2D eigenvalue weighted by Crippen LogP contribution is 1.99. The molecule has 0 aromatic rings. The molecular weight excluding hydrogens is 108 g/mol. The average Bonchev–Trinajstić information content (AvgIpc) is 1.90. The van der Waals surface area contributed by atoms with Crippen LogP contribution in [0, 0.1) is 0 Å². The molecule has 1 aliphatic heterocycles. The molecule has 41 valence electrons. The van der Waals surface area contributed by atoms with Gasteiger partial charge in [0.25, 0.3) is 0 Å². The van der Waals surface area contributed by atoms with Gasteiger partial charge in [0.05, 0.1) is 5.57 Å². The third kappa shape index (κ3) is 0.872. The van der Waals surface area contributed by atoms with Crippen LogP contribution in [-0.4, -0.2) is 6.29 Å². The van der Waals surface area contributed by atoms with E-state index in [-0.39, 0.29) is 0 Å². The molecule has 0 saturated heterocycles. The molecule has 1 aliphatic rings. The molecular formula is C5H3O3. The minimum atomic E-state index is 0.344. The first-order valence-corrected chi connectivity index (χ1v) is 2.00. The molecule has 0 N–H and O–H groups in total. The zero-order chi connectivity index (χ0) is 5.82. The first-order chi connectivity index (χ1) is 3.93. The molecule has 0 spiro atoms. The summed E-state index contributed by atoms with van der Waals surface area (Å²) < 4.78 is 0. The van der Waals surface area contributed by atoms with Crippen molar-refractivity contribution in [2.45, 2.75) is 0 Å². The molecule has 0 atom stereocenters. The van der Waals surface area contributed by atoms with E-state index in [0.717, 1.165) is 0 Å². The van der Waals surface area contributed by atoms with Crippen LogP contribution in [0.3, 0.4) is 0 Å². The summed E-state index contributed by atoms with van der Waals surface area (Å²) in [5.74, 6) is 0. The van der Waals surface area contributed by atoms with Crippen molar-refractivity contribution >= 4 is 6.29 Å². The van der Waals surface area contributed by atoms with Crippen molar-refractivity contribution in [3.05, 3.63) is 24.2 Å². The van der Waals surface area contributed by atoms with E-state index in [0.29, 0.717) is 5.57 Å². The van der Waals surface area contributed by atoms with Gasteiger partial charge in [0.2, 0.25) is 6.29 Å². The lowest BCUT2D eigenvalue weighted by Gasteiger charge is -1.98. The van der Waals surface area contributed by atoms with E-state index in [9.17, 15) is 4.79 Å². The van der Waals surface area contributed by atoms with E-state index in [1.54, 1.807) is 6.29 Å². The van der Waals surface area contributed by atoms with E-state index in [1.165, 1.54) is 18.6 Å². The van der Waals surface area contributed by atoms with E-state index in [2.05, 4.69) is 9.78 Å². The van der Waals surface area contributed by atoms with Crippen LogP contribution in [0.2, 0.25) is 0 Å². The van der Waals surface area contributed by atoms with Crippen molar-refractivity contribution in [3.63, 3.8) is 0 Å². The molecule has 3 nitrogen and oxygen atoms in total. The minimum absolute atomic E-state index is 0.344. The molecule has 8 heavy (non-hydrogen) atoms. The zero-order valence-corrected chi connectivity index (χ0v) is 3.96. The van der Waals surface area contributed by atoms with Gasteiger partial charge in [-0.3, -0.25) is 14.6 Å². The summed E-state index contributed by atoms with van der Waals surface area (Å²) >= 11 is 0. The Hall–Kier alpha value is -1.25. The fourth-order valence-corrected chi connectivity index (χ4v) is 0.310. The van der Waals surface area contributed by atoms with Crippen LogP contribution in [0.25, 0.3) is 0 Å². The largest absolute Gasteiger partial charge is 0.299 e. The molecule has 3 heteroatoms. The van der Waals surface area contributed by atoms with Crippen molar-refractivity contribution in [2.24, 2.45) is 0 Å². The van der Waals surface area contributed by atoms with Crippen LogP contribution in [0.15, 0.2) is 24.2 Å². The average molecular weight is 111 g/mol. The van der Waals surface area contributed by atoms with E-state index < -0.39 is 0 Å². The molecule has 0 fully saturated rings. The fraction of sp³-hybridized carbons (Fsp3) is 0. The van der Waals surface area contributed by atoms with Gasteiger partial charge in [-0.2, -0.15) is 0 Å². The molecule has 1 heterocycles. The lowest BCUT2D eigenvalue weighted by molar-refractivity contribution is -0.199. The highest BCUT2D eigenvalue weighted by molar-refractivity contribution is 5.77. The van der Waals surface area contributed by atoms with E-state index in [1.807, 2.05) is 0 Å². The number of hydrogen-bond donors (Lipinski definition) is 0. The van der Waals surface area contributed by atoms with Gasteiger partial charge in [-0.15, -0.1) is 0 Å². The first-order valence-electron chi connectivity index (χ1n) is 2.00. The Bertz CT molecular complexity index is 146. The highest BCUT2D eigenvalue weighted by atomic mass is 17.2. The smallest absolute Gasteiger partial charge is 0.237 e. The van der Waals surface area contributed by atoms with Crippen LogP contribution in [-0.2, 0) is 14.6 Å². The highest BCUT2D eigenvalue weighted by Gasteiger charge is 1.94. The number of allylic oxidation sites excluding steroid dienone is 2. The monoisotopic (exact) mass is 111 g/mol. The molecule has 0 aliphatic carbocycles. The topological polar surface area (TPSA) is 35.5 Å². The molecule has 0 unspecified atom stereocenters. The fourth-order valence-electron chi connectivity index (χ4n) is 0.310. The van der Waals surface area contributed by atoms with Gasteiger partial charge < -0.3 is 0 Å². The standard InChI is InChI=1S/C5H3O3/c6-3-5-1-2-7-8-4-5/h1-2,4H. The van der Waals surface area contributed by atoms with E-state index in [4.69, 9.17) is 0 Å². The van der Waals surface area contributed by atoms with Gasteiger partial charge in [-0.1, -0.05) is 0 Å². The molecule has 1 rings (SSSR count). The van der Waals surface area contributed by atoms with Gasteiger partial charge in [0.1, 0.15) is 6.26 Å². The van der Waals surface area contributed by atoms with Gasteiger partial charge in [-0.25, -0.2) is 0 Å². The van der Waals surface area contributed by atoms with Crippen LogP contribution >= 0.6 is 0 Å². The van der Waals surface area contributed by atoms with Crippen molar-refractivity contribution in [2.75, 3.05) is 0 Å². The normalized spacial score (nSPS) is 15.8. The van der Waals surface area contributed by atoms with Gasteiger partial charge in [0, 0.05) is 0 Å². The maximum atomic E-state index is 9.78. The summed E-state index contributed by atoms with van der Waals surface area (Å²) in [6.07, 6.45) is 5.52. The van der Waals surface area contributed by atoms with Crippen molar-refractivity contribution in [1.82, 2.24) is 0 Å². The molecule has 0 bridgehead atoms. The summed E-state index contributed by atoms with van der Waals surface area (Å²) in [5.41, 5.74) is 0.344. The Labute approximate surface area is 46.1 Å². The summed E-state index contributed by atoms with van der Waals surface area (Å²) in [4.78, 5) is 18.3. The first kappa shape index (κ1) is 4.90. The van der Waals surface area contributed by atoms with Gasteiger partial charge in [0.15, 0.2) is 6.26 Å².